The first kappa shape index (κ1) is 8.19. The van der Waals surface area contributed by atoms with Gasteiger partial charge in [0.1, 0.15) is 5.82 Å². The highest BCUT2D eigenvalue weighted by Crippen LogP contribution is 2.28. The maximum atomic E-state index is 3.22. The van der Waals surface area contributed by atoms with Crippen molar-refractivity contribution in [2.45, 2.75) is 6.54 Å². The fraction of sp³-hybridized carbons (Fsp3) is 0.333. The van der Waals surface area contributed by atoms with Crippen LogP contribution in [0, 0.1) is 0 Å². The zero-order valence-corrected chi connectivity index (χ0v) is 7.89. The molecule has 1 aromatic heterocycles. The zero-order valence-electron chi connectivity index (χ0n) is 7.89. The summed E-state index contributed by atoms with van der Waals surface area (Å²) >= 11 is 0. The van der Waals surface area contributed by atoms with Gasteiger partial charge in [0.25, 0.3) is 0 Å². The molecule has 70 valence electrons. The molecule has 13 heavy (non-hydrogen) atoms. The van der Waals surface area contributed by atoms with Gasteiger partial charge in [0, 0.05) is 30.7 Å². The van der Waals surface area contributed by atoms with Crippen LogP contribution in [-0.2, 0) is 6.54 Å². The van der Waals surface area contributed by atoms with Crippen molar-refractivity contribution in [1.82, 2.24) is 9.88 Å². The molecule has 0 aromatic carbocycles. The first-order chi connectivity index (χ1) is 6.27. The molecule has 2 rings (SSSR count). The average Bonchev–Trinajstić information content (AvgIpc) is 2.48. The van der Waals surface area contributed by atoms with E-state index in [4.69, 9.17) is 0 Å². The zero-order chi connectivity index (χ0) is 9.26. The molecule has 0 spiro atoms. The van der Waals surface area contributed by atoms with Gasteiger partial charge in [-0.3, -0.25) is 0 Å². The summed E-state index contributed by atoms with van der Waals surface area (Å²) in [6.07, 6.45) is 5.80. The molecule has 4 heteroatoms. The van der Waals surface area contributed by atoms with Crippen molar-refractivity contribution in [2.24, 2.45) is 0 Å². The summed E-state index contributed by atoms with van der Waals surface area (Å²) in [4.78, 5) is 5.32. The maximum absolute atomic E-state index is 3.22. The summed E-state index contributed by atoms with van der Waals surface area (Å²) in [5.74, 6) is 1.04. The predicted molar refractivity (Wildman–Crippen MR) is 54.6 cm³/mol. The minimum absolute atomic E-state index is 0.939. The van der Waals surface area contributed by atoms with Gasteiger partial charge >= 0.3 is 0 Å². The summed E-state index contributed by atoms with van der Waals surface area (Å²) in [6.45, 7) is 0.939. The number of aromatic amines is 1. The van der Waals surface area contributed by atoms with Crippen LogP contribution in [0.15, 0.2) is 18.6 Å². The molecule has 0 unspecified atom stereocenters. The molecule has 0 aliphatic carbocycles. The minimum Gasteiger partial charge on any atom is -0.357 e. The Morgan fingerprint density at radius 3 is 2.77 bits per heavy atom. The number of rotatable bonds is 2. The standard InChI is InChI=1S/C9H14N4/c1-13(2)6-7-5-12-9-8(7)10-3-4-11-9/h3-5,10-12H,6H2,1-2H3. The van der Waals surface area contributed by atoms with Crippen LogP contribution >= 0.6 is 0 Å². The Kier molecular flexibility index (Phi) is 1.98. The van der Waals surface area contributed by atoms with Crippen LogP contribution in [0.4, 0.5) is 11.5 Å². The lowest BCUT2D eigenvalue weighted by atomic mass is 10.2. The van der Waals surface area contributed by atoms with Gasteiger partial charge in [-0.25, -0.2) is 0 Å². The number of H-pyrrole nitrogens is 1. The third kappa shape index (κ3) is 1.53. The number of anilines is 2. The molecule has 0 saturated carbocycles. The van der Waals surface area contributed by atoms with Crippen LogP contribution in [0.3, 0.4) is 0 Å². The van der Waals surface area contributed by atoms with E-state index in [0.29, 0.717) is 0 Å². The Hall–Kier alpha value is -1.42. The van der Waals surface area contributed by atoms with Crippen LogP contribution in [-0.4, -0.2) is 24.0 Å². The Morgan fingerprint density at radius 2 is 2.00 bits per heavy atom. The summed E-state index contributed by atoms with van der Waals surface area (Å²) in [7, 11) is 4.12. The van der Waals surface area contributed by atoms with Gasteiger partial charge in [-0.15, -0.1) is 0 Å². The first-order valence-electron chi connectivity index (χ1n) is 4.30. The van der Waals surface area contributed by atoms with E-state index in [0.717, 1.165) is 18.1 Å². The van der Waals surface area contributed by atoms with Gasteiger partial charge in [0.05, 0.1) is 5.69 Å². The SMILES string of the molecule is CN(C)Cc1c[nH]c2c1NC=CN2. The summed E-state index contributed by atoms with van der Waals surface area (Å²) in [6, 6.07) is 0. The molecule has 1 aliphatic heterocycles. The molecule has 1 aromatic rings. The Bertz CT molecular complexity index is 324. The topological polar surface area (TPSA) is 43.1 Å². The maximum Gasteiger partial charge on any atom is 0.131 e. The molecule has 2 heterocycles. The van der Waals surface area contributed by atoms with E-state index in [1.165, 1.54) is 5.56 Å². The molecule has 0 bridgehead atoms. The van der Waals surface area contributed by atoms with Crippen molar-refractivity contribution in [1.29, 1.82) is 0 Å². The van der Waals surface area contributed by atoms with Gasteiger partial charge in [-0.2, -0.15) is 0 Å². The van der Waals surface area contributed by atoms with E-state index in [9.17, 15) is 0 Å². The van der Waals surface area contributed by atoms with E-state index >= 15 is 0 Å². The number of aromatic nitrogens is 1. The van der Waals surface area contributed by atoms with Crippen LogP contribution < -0.4 is 10.6 Å². The molecule has 1 aliphatic rings. The van der Waals surface area contributed by atoms with Crippen LogP contribution in [0.25, 0.3) is 0 Å². The first-order valence-corrected chi connectivity index (χ1v) is 4.30. The van der Waals surface area contributed by atoms with E-state index in [-0.39, 0.29) is 0 Å². The summed E-state index contributed by atoms with van der Waals surface area (Å²) in [5, 5.41) is 6.35. The van der Waals surface area contributed by atoms with Crippen molar-refractivity contribution in [2.75, 3.05) is 24.7 Å². The molecule has 0 atom stereocenters. The molecule has 0 fully saturated rings. The second kappa shape index (κ2) is 3.14. The van der Waals surface area contributed by atoms with Crippen molar-refractivity contribution in [3.63, 3.8) is 0 Å². The number of nitrogens with one attached hydrogen (secondary N) is 3. The van der Waals surface area contributed by atoms with Crippen LogP contribution in [0.1, 0.15) is 5.56 Å². The molecular formula is C9H14N4. The van der Waals surface area contributed by atoms with E-state index in [1.807, 2.05) is 18.6 Å². The van der Waals surface area contributed by atoms with Crippen molar-refractivity contribution < 1.29 is 0 Å². The molecule has 0 amide bonds. The number of fused-ring (bicyclic) bond motifs is 1. The Balaban J connectivity index is 2.24. The van der Waals surface area contributed by atoms with Gasteiger partial charge in [-0.05, 0) is 14.1 Å². The molecule has 4 nitrogen and oxygen atoms in total. The largest absolute Gasteiger partial charge is 0.357 e. The van der Waals surface area contributed by atoms with Crippen LogP contribution in [0.2, 0.25) is 0 Å². The van der Waals surface area contributed by atoms with Gasteiger partial charge in [-0.1, -0.05) is 0 Å². The normalized spacial score (nSPS) is 13.8. The fourth-order valence-corrected chi connectivity index (χ4v) is 1.46. The number of hydrogen-bond donors (Lipinski definition) is 3. The molecule has 0 radical (unpaired) electrons. The van der Waals surface area contributed by atoms with E-state index < -0.39 is 0 Å². The quantitative estimate of drug-likeness (QED) is 0.641. The van der Waals surface area contributed by atoms with Crippen molar-refractivity contribution in [3.05, 3.63) is 24.2 Å². The lowest BCUT2D eigenvalue weighted by molar-refractivity contribution is 0.403. The highest BCUT2D eigenvalue weighted by atomic mass is 15.1. The predicted octanol–water partition coefficient (Wildman–Crippen LogP) is 1.38. The highest BCUT2D eigenvalue weighted by Gasteiger charge is 2.11. The molecule has 3 N–H and O–H groups in total. The lowest BCUT2D eigenvalue weighted by Crippen LogP contribution is -2.11. The van der Waals surface area contributed by atoms with Crippen molar-refractivity contribution in [3.8, 4) is 0 Å². The Labute approximate surface area is 77.6 Å². The third-order valence-electron chi connectivity index (χ3n) is 1.99. The smallest absolute Gasteiger partial charge is 0.131 e. The lowest BCUT2D eigenvalue weighted by Gasteiger charge is -2.13. The summed E-state index contributed by atoms with van der Waals surface area (Å²) in [5.41, 5.74) is 2.42. The van der Waals surface area contributed by atoms with Crippen molar-refractivity contribution >= 4 is 11.5 Å². The van der Waals surface area contributed by atoms with Crippen LogP contribution in [0.5, 0.6) is 0 Å². The summed E-state index contributed by atoms with van der Waals surface area (Å²) < 4.78 is 0. The molecule has 0 saturated heterocycles. The Morgan fingerprint density at radius 1 is 1.23 bits per heavy atom. The highest BCUT2D eigenvalue weighted by molar-refractivity contribution is 5.73. The number of nitrogens with zero attached hydrogens (tertiary/aromatic N) is 1. The average molecular weight is 178 g/mol. The minimum atomic E-state index is 0.939. The van der Waals surface area contributed by atoms with Gasteiger partial charge in [0.15, 0.2) is 0 Å². The third-order valence-corrected chi connectivity index (χ3v) is 1.99. The monoisotopic (exact) mass is 178 g/mol. The van der Waals surface area contributed by atoms with Gasteiger partial charge in [0.2, 0.25) is 0 Å². The number of hydrogen-bond acceptors (Lipinski definition) is 3. The van der Waals surface area contributed by atoms with E-state index in [2.05, 4.69) is 34.6 Å². The van der Waals surface area contributed by atoms with Gasteiger partial charge < -0.3 is 20.5 Å². The second-order valence-electron chi connectivity index (χ2n) is 3.42. The fourth-order valence-electron chi connectivity index (χ4n) is 1.46. The second-order valence-corrected chi connectivity index (χ2v) is 3.42. The van der Waals surface area contributed by atoms with E-state index in [1.54, 1.807) is 0 Å². The molecular weight excluding hydrogens is 164 g/mol.